The van der Waals surface area contributed by atoms with Crippen LogP contribution in [0.3, 0.4) is 0 Å². The number of rotatable bonds is 2. The van der Waals surface area contributed by atoms with E-state index < -0.39 is 9.84 Å². The van der Waals surface area contributed by atoms with Crippen molar-refractivity contribution >= 4 is 21.3 Å². The molecule has 1 aromatic carbocycles. The van der Waals surface area contributed by atoms with E-state index in [2.05, 4.69) is 15.3 Å². The van der Waals surface area contributed by atoms with Gasteiger partial charge in [0, 0.05) is 11.3 Å². The molecule has 2 aromatic rings. The lowest BCUT2D eigenvalue weighted by Crippen LogP contribution is -2.03. The van der Waals surface area contributed by atoms with Crippen molar-refractivity contribution in [1.29, 1.82) is 0 Å². The number of para-hydroxylation sites is 1. The summed E-state index contributed by atoms with van der Waals surface area (Å²) in [6.07, 6.45) is 0. The number of fused-ring (bicyclic) bond motifs is 1. The summed E-state index contributed by atoms with van der Waals surface area (Å²) >= 11 is 0. The summed E-state index contributed by atoms with van der Waals surface area (Å²) in [4.78, 5) is 8.54. The predicted octanol–water partition coefficient (Wildman–Crippen LogP) is 1.96. The first-order valence-electron chi connectivity index (χ1n) is 5.92. The molecule has 2 heterocycles. The third-order valence-electron chi connectivity index (χ3n) is 2.96. The highest BCUT2D eigenvalue weighted by atomic mass is 32.2. The molecule has 1 N–H and O–H groups in total. The van der Waals surface area contributed by atoms with Gasteiger partial charge in [0.25, 0.3) is 0 Å². The minimum atomic E-state index is -3.08. The van der Waals surface area contributed by atoms with E-state index in [1.807, 2.05) is 30.3 Å². The standard InChI is InChI=1S/C13H13N3O2S/c1-9-14-12-8-19(17,18)7-11(12)13(15-9)16-10-5-3-2-4-6-10/h2-6H,7-8H2,1H3,(H,14,15,16). The molecule has 5 nitrogen and oxygen atoms in total. The monoisotopic (exact) mass is 275 g/mol. The van der Waals surface area contributed by atoms with Gasteiger partial charge in [-0.15, -0.1) is 0 Å². The van der Waals surface area contributed by atoms with Crippen LogP contribution >= 0.6 is 0 Å². The number of nitrogens with one attached hydrogen (secondary N) is 1. The van der Waals surface area contributed by atoms with E-state index in [4.69, 9.17) is 0 Å². The Bertz CT molecular complexity index is 727. The first-order valence-corrected chi connectivity index (χ1v) is 7.74. The van der Waals surface area contributed by atoms with E-state index in [0.717, 1.165) is 5.69 Å². The van der Waals surface area contributed by atoms with Crippen LogP contribution in [0.2, 0.25) is 0 Å². The zero-order valence-electron chi connectivity index (χ0n) is 10.4. The highest BCUT2D eigenvalue weighted by molar-refractivity contribution is 7.90. The maximum Gasteiger partial charge on any atom is 0.160 e. The van der Waals surface area contributed by atoms with Crippen LogP contribution in [0.4, 0.5) is 11.5 Å². The lowest BCUT2D eigenvalue weighted by molar-refractivity contribution is 0.597. The Morgan fingerprint density at radius 2 is 1.84 bits per heavy atom. The molecule has 0 unspecified atom stereocenters. The summed E-state index contributed by atoms with van der Waals surface area (Å²) in [6.45, 7) is 1.77. The number of aryl methyl sites for hydroxylation is 1. The van der Waals surface area contributed by atoms with Crippen molar-refractivity contribution in [2.45, 2.75) is 18.4 Å². The van der Waals surface area contributed by atoms with Gasteiger partial charge in [-0.05, 0) is 19.1 Å². The van der Waals surface area contributed by atoms with Gasteiger partial charge in [-0.1, -0.05) is 18.2 Å². The van der Waals surface area contributed by atoms with Crippen molar-refractivity contribution in [2.24, 2.45) is 0 Å². The first kappa shape index (κ1) is 12.1. The Morgan fingerprint density at radius 1 is 1.11 bits per heavy atom. The fourth-order valence-electron chi connectivity index (χ4n) is 2.17. The summed E-state index contributed by atoms with van der Waals surface area (Å²) in [7, 11) is -3.08. The van der Waals surface area contributed by atoms with Gasteiger partial charge < -0.3 is 5.32 Å². The van der Waals surface area contributed by atoms with E-state index in [1.165, 1.54) is 0 Å². The molecule has 0 amide bonds. The summed E-state index contributed by atoms with van der Waals surface area (Å²) in [6, 6.07) is 9.56. The van der Waals surface area contributed by atoms with Crippen LogP contribution in [-0.4, -0.2) is 18.4 Å². The van der Waals surface area contributed by atoms with Crippen molar-refractivity contribution < 1.29 is 8.42 Å². The number of hydrogen-bond donors (Lipinski definition) is 1. The van der Waals surface area contributed by atoms with Gasteiger partial charge in [0.1, 0.15) is 11.6 Å². The highest BCUT2D eigenvalue weighted by Gasteiger charge is 2.29. The molecule has 0 saturated carbocycles. The average Bonchev–Trinajstić information content (AvgIpc) is 2.65. The van der Waals surface area contributed by atoms with E-state index >= 15 is 0 Å². The number of hydrogen-bond acceptors (Lipinski definition) is 5. The van der Waals surface area contributed by atoms with Crippen molar-refractivity contribution in [2.75, 3.05) is 5.32 Å². The Balaban J connectivity index is 2.04. The van der Waals surface area contributed by atoms with Crippen LogP contribution in [0.25, 0.3) is 0 Å². The second kappa shape index (κ2) is 4.31. The molecule has 1 aliphatic heterocycles. The molecule has 1 aliphatic rings. The summed E-state index contributed by atoms with van der Waals surface area (Å²) < 4.78 is 23.4. The normalized spacial score (nSPS) is 16.1. The van der Waals surface area contributed by atoms with E-state index in [1.54, 1.807) is 6.92 Å². The smallest absolute Gasteiger partial charge is 0.160 e. The largest absolute Gasteiger partial charge is 0.340 e. The van der Waals surface area contributed by atoms with Crippen LogP contribution in [0.15, 0.2) is 30.3 Å². The van der Waals surface area contributed by atoms with Gasteiger partial charge in [0.15, 0.2) is 9.84 Å². The van der Waals surface area contributed by atoms with Crippen LogP contribution in [-0.2, 0) is 21.3 Å². The molecule has 3 rings (SSSR count). The van der Waals surface area contributed by atoms with Crippen molar-refractivity contribution in [3.05, 3.63) is 47.4 Å². The molecule has 0 bridgehead atoms. The van der Waals surface area contributed by atoms with Crippen LogP contribution in [0.5, 0.6) is 0 Å². The Hall–Kier alpha value is -1.95. The third-order valence-corrected chi connectivity index (χ3v) is 4.40. The van der Waals surface area contributed by atoms with Gasteiger partial charge >= 0.3 is 0 Å². The van der Waals surface area contributed by atoms with Crippen LogP contribution in [0.1, 0.15) is 17.1 Å². The van der Waals surface area contributed by atoms with E-state index in [-0.39, 0.29) is 11.5 Å². The average molecular weight is 275 g/mol. The van der Waals surface area contributed by atoms with Gasteiger partial charge in [0.05, 0.1) is 17.2 Å². The fourth-order valence-corrected chi connectivity index (χ4v) is 3.67. The van der Waals surface area contributed by atoms with Gasteiger partial charge in [-0.3, -0.25) is 0 Å². The fraction of sp³-hybridized carbons (Fsp3) is 0.231. The molecule has 19 heavy (non-hydrogen) atoms. The van der Waals surface area contributed by atoms with E-state index in [0.29, 0.717) is 22.9 Å². The zero-order chi connectivity index (χ0) is 13.5. The molecule has 0 fully saturated rings. The number of aromatic nitrogens is 2. The van der Waals surface area contributed by atoms with Crippen LogP contribution in [0, 0.1) is 6.92 Å². The van der Waals surface area contributed by atoms with Crippen molar-refractivity contribution in [1.82, 2.24) is 9.97 Å². The summed E-state index contributed by atoms with van der Waals surface area (Å²) in [5, 5.41) is 3.17. The predicted molar refractivity (Wildman–Crippen MR) is 72.8 cm³/mol. The van der Waals surface area contributed by atoms with Gasteiger partial charge in [0.2, 0.25) is 0 Å². The molecule has 1 aromatic heterocycles. The number of anilines is 2. The zero-order valence-corrected chi connectivity index (χ0v) is 11.2. The molecule has 0 radical (unpaired) electrons. The van der Waals surface area contributed by atoms with Crippen molar-refractivity contribution in [3.63, 3.8) is 0 Å². The Labute approximate surface area is 111 Å². The molecule has 6 heteroatoms. The quantitative estimate of drug-likeness (QED) is 0.907. The SMILES string of the molecule is Cc1nc2c(c(Nc3ccccc3)n1)CS(=O)(=O)C2. The third kappa shape index (κ3) is 2.44. The highest BCUT2D eigenvalue weighted by Crippen LogP contribution is 2.30. The molecule has 0 saturated heterocycles. The van der Waals surface area contributed by atoms with Gasteiger partial charge in [-0.2, -0.15) is 0 Å². The lowest BCUT2D eigenvalue weighted by atomic mass is 10.2. The molecule has 0 aliphatic carbocycles. The minimum absolute atomic E-state index is 0.00909. The van der Waals surface area contributed by atoms with Crippen LogP contribution < -0.4 is 5.32 Å². The first-order chi connectivity index (χ1) is 9.03. The Morgan fingerprint density at radius 3 is 2.58 bits per heavy atom. The molecular formula is C13H13N3O2S. The molecule has 0 atom stereocenters. The van der Waals surface area contributed by atoms with E-state index in [9.17, 15) is 8.42 Å². The minimum Gasteiger partial charge on any atom is -0.340 e. The lowest BCUT2D eigenvalue weighted by Gasteiger charge is -2.10. The Kier molecular flexibility index (Phi) is 2.74. The molecular weight excluding hydrogens is 262 g/mol. The number of nitrogens with zero attached hydrogens (tertiary/aromatic N) is 2. The second-order valence-corrected chi connectivity index (χ2v) is 6.63. The van der Waals surface area contributed by atoms with Gasteiger partial charge in [-0.25, -0.2) is 18.4 Å². The summed E-state index contributed by atoms with van der Waals surface area (Å²) in [5.74, 6) is 1.19. The maximum absolute atomic E-state index is 11.7. The topological polar surface area (TPSA) is 72.0 Å². The molecule has 98 valence electrons. The van der Waals surface area contributed by atoms with Crippen molar-refractivity contribution in [3.8, 4) is 0 Å². The number of benzene rings is 1. The maximum atomic E-state index is 11.7. The number of sulfone groups is 1. The summed E-state index contributed by atoms with van der Waals surface area (Å²) in [5.41, 5.74) is 2.19. The molecule has 0 spiro atoms. The second-order valence-electron chi connectivity index (χ2n) is 4.57.